The molecule has 3 unspecified atom stereocenters. The van der Waals surface area contributed by atoms with Gasteiger partial charge in [-0.15, -0.1) is 0 Å². The minimum atomic E-state index is 0.0268. The second kappa shape index (κ2) is 7.88. The van der Waals surface area contributed by atoms with Gasteiger partial charge in [-0.1, -0.05) is 21.6 Å². The fourth-order valence-corrected chi connectivity index (χ4v) is 6.04. The lowest BCUT2D eigenvalue weighted by Gasteiger charge is -2.41. The van der Waals surface area contributed by atoms with E-state index in [0.717, 1.165) is 53.1 Å². The highest BCUT2D eigenvalue weighted by molar-refractivity contribution is 7.51. The first kappa shape index (κ1) is 20.4. The van der Waals surface area contributed by atoms with Gasteiger partial charge in [0, 0.05) is 42.8 Å². The number of carbonyl (C=O) groups is 1. The molecule has 3 aliphatic rings. The summed E-state index contributed by atoms with van der Waals surface area (Å²) in [7, 11) is 0.462. The van der Waals surface area contributed by atoms with Crippen LogP contribution in [-0.4, -0.2) is 61.3 Å². The monoisotopic (exact) mass is 436 g/mol. The average molecular weight is 437 g/mol. The summed E-state index contributed by atoms with van der Waals surface area (Å²) in [6.07, 6.45) is 11.0. The van der Waals surface area contributed by atoms with Gasteiger partial charge in [-0.2, -0.15) is 5.10 Å². The molecule has 3 aliphatic heterocycles. The van der Waals surface area contributed by atoms with Crippen LogP contribution in [0.1, 0.15) is 37.9 Å². The molecule has 4 atom stereocenters. The molecule has 1 N–H and O–H groups in total. The Hall–Kier alpha value is -2.50. The molecule has 162 valence electrons. The number of rotatable bonds is 3. The van der Waals surface area contributed by atoms with Crippen LogP contribution in [0.3, 0.4) is 0 Å². The lowest BCUT2D eigenvalue weighted by atomic mass is 10.1. The quantitative estimate of drug-likeness (QED) is 0.750. The zero-order valence-corrected chi connectivity index (χ0v) is 19.5. The Morgan fingerprint density at radius 2 is 2.03 bits per heavy atom. The highest BCUT2D eigenvalue weighted by Gasteiger charge is 2.31. The smallest absolute Gasteiger partial charge is 0.252 e. The number of amides is 1. The average Bonchev–Trinajstić information content (AvgIpc) is 3.16. The van der Waals surface area contributed by atoms with Gasteiger partial charge in [0.2, 0.25) is 0 Å². The van der Waals surface area contributed by atoms with Crippen molar-refractivity contribution < 1.29 is 4.79 Å². The molecule has 1 amide bonds. The van der Waals surface area contributed by atoms with Gasteiger partial charge in [0.15, 0.2) is 0 Å². The van der Waals surface area contributed by atoms with Crippen molar-refractivity contribution >= 4 is 25.3 Å². The van der Waals surface area contributed by atoms with Crippen LogP contribution in [0.4, 0.5) is 0 Å². The van der Waals surface area contributed by atoms with Crippen LogP contribution in [-0.2, 0) is 11.2 Å². The molecule has 2 aromatic heterocycles. The van der Waals surface area contributed by atoms with Crippen LogP contribution >= 0.6 is 8.58 Å². The lowest BCUT2D eigenvalue weighted by molar-refractivity contribution is -0.123. The van der Waals surface area contributed by atoms with Gasteiger partial charge >= 0.3 is 0 Å². The first-order chi connectivity index (χ1) is 14.9. The minimum absolute atomic E-state index is 0.0268. The number of hydrogen-bond acceptors (Lipinski definition) is 5. The fraction of sp³-hybridized carbons (Fsp3) is 0.435. The van der Waals surface area contributed by atoms with Crippen molar-refractivity contribution in [1.82, 2.24) is 29.7 Å². The van der Waals surface area contributed by atoms with Crippen LogP contribution in [0, 0.1) is 6.92 Å². The van der Waals surface area contributed by atoms with Gasteiger partial charge < -0.3 is 15.1 Å². The largest absolute Gasteiger partial charge is 0.367 e. The van der Waals surface area contributed by atoms with Crippen molar-refractivity contribution in [3.05, 3.63) is 59.5 Å². The third-order valence-corrected chi connectivity index (χ3v) is 7.51. The minimum Gasteiger partial charge on any atom is -0.367 e. The maximum Gasteiger partial charge on any atom is 0.252 e. The SMILES string of the molecule is CCc1nc(C)cn2nc(C3=CC(=O)N4C=C(N5CC(C)N[C@@H](C)C5)C=CC4P3)cc12. The third-order valence-electron chi connectivity index (χ3n) is 6.03. The molecule has 0 radical (unpaired) electrons. The summed E-state index contributed by atoms with van der Waals surface area (Å²) < 4.78 is 1.90. The maximum absolute atomic E-state index is 13.1. The van der Waals surface area contributed by atoms with Crippen molar-refractivity contribution in [2.75, 3.05) is 13.1 Å². The van der Waals surface area contributed by atoms with E-state index in [9.17, 15) is 4.79 Å². The number of nitrogens with zero attached hydrogens (tertiary/aromatic N) is 5. The summed E-state index contributed by atoms with van der Waals surface area (Å²) in [6.45, 7) is 10.4. The van der Waals surface area contributed by atoms with Gasteiger partial charge in [-0.05, 0) is 39.3 Å². The van der Waals surface area contributed by atoms with E-state index in [1.165, 1.54) is 0 Å². The molecule has 0 saturated carbocycles. The number of allylic oxidation sites excluding steroid dienone is 1. The van der Waals surface area contributed by atoms with Crippen molar-refractivity contribution in [1.29, 1.82) is 0 Å². The van der Waals surface area contributed by atoms with Gasteiger partial charge in [0.1, 0.15) is 0 Å². The number of nitrogens with one attached hydrogen (secondary N) is 1. The van der Waals surface area contributed by atoms with E-state index < -0.39 is 0 Å². The number of hydrogen-bond donors (Lipinski definition) is 1. The molecular weight excluding hydrogens is 407 g/mol. The van der Waals surface area contributed by atoms with Crippen LogP contribution < -0.4 is 5.32 Å². The number of aromatic nitrogens is 3. The Morgan fingerprint density at radius 3 is 2.77 bits per heavy atom. The molecule has 5 rings (SSSR count). The Kier molecular flexibility index (Phi) is 5.19. The van der Waals surface area contributed by atoms with Crippen molar-refractivity contribution in [2.45, 2.75) is 52.0 Å². The van der Waals surface area contributed by atoms with E-state index in [4.69, 9.17) is 5.10 Å². The summed E-state index contributed by atoms with van der Waals surface area (Å²) in [4.78, 5) is 22.0. The van der Waals surface area contributed by atoms with Gasteiger partial charge in [-0.3, -0.25) is 9.78 Å². The molecule has 7 nitrogen and oxygen atoms in total. The Morgan fingerprint density at radius 1 is 1.26 bits per heavy atom. The number of piperazine rings is 1. The number of carbonyl (C=O) groups excluding carboxylic acids is 1. The van der Waals surface area contributed by atoms with Crippen LogP contribution in [0.5, 0.6) is 0 Å². The summed E-state index contributed by atoms with van der Waals surface area (Å²) in [5.41, 5.74) is 5.00. The van der Waals surface area contributed by atoms with Crippen LogP contribution in [0.15, 0.2) is 42.4 Å². The van der Waals surface area contributed by atoms with E-state index in [0.29, 0.717) is 20.7 Å². The summed E-state index contributed by atoms with van der Waals surface area (Å²) in [5.74, 6) is 0.0863. The van der Waals surface area contributed by atoms with Crippen molar-refractivity contribution in [3.8, 4) is 0 Å². The van der Waals surface area contributed by atoms with E-state index in [-0.39, 0.29) is 11.7 Å². The Bertz CT molecular complexity index is 1120. The fourth-order valence-electron chi connectivity index (χ4n) is 4.71. The molecule has 31 heavy (non-hydrogen) atoms. The van der Waals surface area contributed by atoms with Gasteiger partial charge in [0.25, 0.3) is 5.91 Å². The summed E-state index contributed by atoms with van der Waals surface area (Å²) in [5, 5.41) is 9.35. The standard InChI is InChI=1S/C23H29N6OP/c1-5-18-20-8-19(26-29(20)12-16(4)25-18)21-9-22(30)28-13-17(6-7-23(28)31-21)27-10-14(2)24-15(3)11-27/h6-9,12-15,23-24,31H,5,10-11H2,1-4H3/t14-,15?,23?/m0/s1. The molecule has 1 fully saturated rings. The van der Waals surface area contributed by atoms with E-state index in [1.54, 1.807) is 6.08 Å². The normalized spacial score (nSPS) is 27.0. The number of aryl methyl sites for hydroxylation is 2. The molecule has 5 heterocycles. The molecule has 0 aromatic carbocycles. The zero-order chi connectivity index (χ0) is 21.7. The molecular formula is C23H29N6OP. The Labute approximate surface area is 184 Å². The molecule has 1 saturated heterocycles. The maximum atomic E-state index is 13.1. The molecule has 2 aromatic rings. The first-order valence-electron chi connectivity index (χ1n) is 11.0. The van der Waals surface area contributed by atoms with Gasteiger partial charge in [-0.25, -0.2) is 4.52 Å². The molecule has 0 bridgehead atoms. The highest BCUT2D eigenvalue weighted by atomic mass is 31.1. The van der Waals surface area contributed by atoms with E-state index >= 15 is 0 Å². The molecule has 8 heteroatoms. The van der Waals surface area contributed by atoms with Crippen molar-refractivity contribution in [2.24, 2.45) is 0 Å². The summed E-state index contributed by atoms with van der Waals surface area (Å²) >= 11 is 0. The second-order valence-corrected chi connectivity index (χ2v) is 10.1. The summed E-state index contributed by atoms with van der Waals surface area (Å²) in [6, 6.07) is 2.94. The topological polar surface area (TPSA) is 65.8 Å². The first-order valence-corrected chi connectivity index (χ1v) is 12.1. The van der Waals surface area contributed by atoms with Gasteiger partial charge in [0.05, 0.1) is 40.3 Å². The number of fused-ring (bicyclic) bond motifs is 2. The van der Waals surface area contributed by atoms with Crippen LogP contribution in [0.25, 0.3) is 10.8 Å². The van der Waals surface area contributed by atoms with E-state index in [2.05, 4.69) is 54.2 Å². The third kappa shape index (κ3) is 3.81. The van der Waals surface area contributed by atoms with Crippen LogP contribution in [0.2, 0.25) is 0 Å². The predicted octanol–water partition coefficient (Wildman–Crippen LogP) is 2.88. The highest BCUT2D eigenvalue weighted by Crippen LogP contribution is 2.44. The molecule has 0 aliphatic carbocycles. The van der Waals surface area contributed by atoms with Crippen molar-refractivity contribution in [3.63, 3.8) is 0 Å². The lowest BCUT2D eigenvalue weighted by Crippen LogP contribution is -2.54. The van der Waals surface area contributed by atoms with E-state index in [1.807, 2.05) is 28.7 Å². The predicted molar refractivity (Wildman–Crippen MR) is 125 cm³/mol. The second-order valence-electron chi connectivity index (χ2n) is 8.72. The molecule has 0 spiro atoms. The Balaban J connectivity index is 1.42. The zero-order valence-electron chi connectivity index (χ0n) is 18.5.